The Morgan fingerprint density at radius 2 is 1.80 bits per heavy atom. The summed E-state index contributed by atoms with van der Waals surface area (Å²) in [6.07, 6.45) is 0.762. The molecular weight excluding hydrogens is 404 g/mol. The summed E-state index contributed by atoms with van der Waals surface area (Å²) in [7, 11) is 0. The van der Waals surface area contributed by atoms with Crippen molar-refractivity contribution in [3.8, 4) is 0 Å². The van der Waals surface area contributed by atoms with Gasteiger partial charge in [0.05, 0.1) is 10.6 Å². The molecule has 158 valence electrons. The zero-order valence-electron chi connectivity index (χ0n) is 17.2. The standard InChI is InChI=1S/C23H25ClN2O4/c1-14(2)21(25-22(28)17-9-5-6-10-18(17)24)23(29)30-13-20(27)26-15(3)12-16-8-4-7-11-19(16)26/h4-11,14-15,21H,12-13H2,1-3H3,(H,25,28)/t15-,21-/m0/s1. The number of anilines is 1. The molecule has 0 saturated carbocycles. The van der Waals surface area contributed by atoms with Crippen molar-refractivity contribution in [3.63, 3.8) is 0 Å². The van der Waals surface area contributed by atoms with E-state index in [9.17, 15) is 14.4 Å². The summed E-state index contributed by atoms with van der Waals surface area (Å²) >= 11 is 6.06. The maximum absolute atomic E-state index is 12.7. The van der Waals surface area contributed by atoms with Crippen molar-refractivity contribution in [2.24, 2.45) is 5.92 Å². The third-order valence-electron chi connectivity index (χ3n) is 5.14. The molecule has 0 unspecified atom stereocenters. The van der Waals surface area contributed by atoms with Crippen LogP contribution >= 0.6 is 11.6 Å². The molecule has 1 aliphatic rings. The highest BCUT2D eigenvalue weighted by molar-refractivity contribution is 6.33. The van der Waals surface area contributed by atoms with Gasteiger partial charge in [-0.3, -0.25) is 9.59 Å². The van der Waals surface area contributed by atoms with Crippen LogP contribution in [-0.4, -0.2) is 36.5 Å². The average molecular weight is 429 g/mol. The number of nitrogens with one attached hydrogen (secondary N) is 1. The first-order valence-corrected chi connectivity index (χ1v) is 10.3. The lowest BCUT2D eigenvalue weighted by molar-refractivity contribution is -0.150. The maximum Gasteiger partial charge on any atom is 0.329 e. The van der Waals surface area contributed by atoms with Gasteiger partial charge in [0.25, 0.3) is 11.8 Å². The van der Waals surface area contributed by atoms with Crippen LogP contribution in [0.3, 0.4) is 0 Å². The number of hydrogen-bond donors (Lipinski definition) is 1. The van der Waals surface area contributed by atoms with Gasteiger partial charge in [0, 0.05) is 11.7 Å². The zero-order chi connectivity index (χ0) is 21.8. The zero-order valence-corrected chi connectivity index (χ0v) is 18.0. The van der Waals surface area contributed by atoms with Crippen molar-refractivity contribution >= 4 is 35.1 Å². The molecular formula is C23H25ClN2O4. The number of amides is 2. The fourth-order valence-corrected chi connectivity index (χ4v) is 3.82. The van der Waals surface area contributed by atoms with Gasteiger partial charge in [-0.25, -0.2) is 4.79 Å². The van der Waals surface area contributed by atoms with E-state index in [4.69, 9.17) is 16.3 Å². The molecule has 2 atom stereocenters. The number of hydrogen-bond acceptors (Lipinski definition) is 4. The Kier molecular flexibility index (Phi) is 6.77. The van der Waals surface area contributed by atoms with Gasteiger partial charge in [0.2, 0.25) is 0 Å². The van der Waals surface area contributed by atoms with Gasteiger partial charge in [-0.15, -0.1) is 0 Å². The van der Waals surface area contributed by atoms with Crippen molar-refractivity contribution in [1.29, 1.82) is 0 Å². The highest BCUT2D eigenvalue weighted by Gasteiger charge is 2.32. The Morgan fingerprint density at radius 3 is 2.50 bits per heavy atom. The van der Waals surface area contributed by atoms with Crippen molar-refractivity contribution in [2.75, 3.05) is 11.5 Å². The first-order chi connectivity index (χ1) is 14.3. The van der Waals surface area contributed by atoms with Crippen LogP contribution in [0.15, 0.2) is 48.5 Å². The Balaban J connectivity index is 1.64. The van der Waals surface area contributed by atoms with E-state index in [0.29, 0.717) is 5.02 Å². The number of fused-ring (bicyclic) bond motifs is 1. The second-order valence-electron chi connectivity index (χ2n) is 7.73. The summed E-state index contributed by atoms with van der Waals surface area (Å²) in [5.41, 5.74) is 2.21. The van der Waals surface area contributed by atoms with E-state index in [1.54, 1.807) is 43.0 Å². The Bertz CT molecular complexity index is 960. The summed E-state index contributed by atoms with van der Waals surface area (Å²) < 4.78 is 5.29. The van der Waals surface area contributed by atoms with Gasteiger partial charge in [-0.2, -0.15) is 0 Å². The molecule has 2 amide bonds. The van der Waals surface area contributed by atoms with Gasteiger partial charge in [-0.1, -0.05) is 55.8 Å². The van der Waals surface area contributed by atoms with Crippen LogP contribution in [0.1, 0.15) is 36.7 Å². The summed E-state index contributed by atoms with van der Waals surface area (Å²) in [4.78, 5) is 39.6. The predicted octanol–water partition coefficient (Wildman–Crippen LogP) is 3.62. The van der Waals surface area contributed by atoms with Crippen molar-refractivity contribution in [2.45, 2.75) is 39.3 Å². The summed E-state index contributed by atoms with van der Waals surface area (Å²) in [6.45, 7) is 5.15. The average Bonchev–Trinajstić information content (AvgIpc) is 3.05. The predicted molar refractivity (Wildman–Crippen MR) is 116 cm³/mol. The number of esters is 1. The van der Waals surface area contributed by atoms with Crippen LogP contribution < -0.4 is 10.2 Å². The molecule has 0 fully saturated rings. The first-order valence-electron chi connectivity index (χ1n) is 9.91. The van der Waals surface area contributed by atoms with Crippen LogP contribution in [0.5, 0.6) is 0 Å². The molecule has 0 radical (unpaired) electrons. The number of halogens is 1. The topological polar surface area (TPSA) is 75.7 Å². The molecule has 0 aliphatic carbocycles. The number of benzene rings is 2. The lowest BCUT2D eigenvalue weighted by Gasteiger charge is -2.24. The van der Waals surface area contributed by atoms with Crippen LogP contribution in [0.2, 0.25) is 5.02 Å². The molecule has 2 aromatic carbocycles. The van der Waals surface area contributed by atoms with E-state index >= 15 is 0 Å². The highest BCUT2D eigenvalue weighted by Crippen LogP contribution is 2.31. The van der Waals surface area contributed by atoms with Crippen LogP contribution in [0.25, 0.3) is 0 Å². The summed E-state index contributed by atoms with van der Waals surface area (Å²) in [6, 6.07) is 13.4. The molecule has 1 heterocycles. The minimum atomic E-state index is -0.898. The summed E-state index contributed by atoms with van der Waals surface area (Å²) in [5, 5.41) is 2.96. The number of carbonyl (C=O) groups is 3. The number of nitrogens with zero attached hydrogens (tertiary/aromatic N) is 1. The Morgan fingerprint density at radius 1 is 1.13 bits per heavy atom. The monoisotopic (exact) mass is 428 g/mol. The van der Waals surface area contributed by atoms with E-state index in [-0.39, 0.29) is 30.0 Å². The number of ether oxygens (including phenoxy) is 1. The first kappa shape index (κ1) is 21.8. The second-order valence-corrected chi connectivity index (χ2v) is 8.14. The lowest BCUT2D eigenvalue weighted by atomic mass is 10.0. The van der Waals surface area contributed by atoms with Crippen molar-refractivity contribution < 1.29 is 19.1 Å². The third kappa shape index (κ3) is 4.65. The minimum absolute atomic E-state index is 0.00516. The van der Waals surface area contributed by atoms with Gasteiger partial charge in [0.1, 0.15) is 6.04 Å². The lowest BCUT2D eigenvalue weighted by Crippen LogP contribution is -2.47. The van der Waals surface area contributed by atoms with E-state index in [0.717, 1.165) is 17.7 Å². The number of para-hydroxylation sites is 1. The molecule has 3 rings (SSSR count). The number of carbonyl (C=O) groups excluding carboxylic acids is 3. The molecule has 30 heavy (non-hydrogen) atoms. The number of rotatable bonds is 6. The molecule has 7 heteroatoms. The smallest absolute Gasteiger partial charge is 0.329 e. The highest BCUT2D eigenvalue weighted by atomic mass is 35.5. The van der Waals surface area contributed by atoms with Crippen LogP contribution in [-0.2, 0) is 20.7 Å². The van der Waals surface area contributed by atoms with E-state index in [2.05, 4.69) is 5.32 Å². The third-order valence-corrected chi connectivity index (χ3v) is 5.47. The normalized spacial score (nSPS) is 16.2. The van der Waals surface area contributed by atoms with E-state index in [1.165, 1.54) is 0 Å². The minimum Gasteiger partial charge on any atom is -0.454 e. The van der Waals surface area contributed by atoms with Gasteiger partial charge in [0.15, 0.2) is 6.61 Å². The second kappa shape index (κ2) is 9.30. The van der Waals surface area contributed by atoms with E-state index < -0.39 is 17.9 Å². The maximum atomic E-state index is 12.7. The molecule has 0 aromatic heterocycles. The Hall–Kier alpha value is -2.86. The van der Waals surface area contributed by atoms with E-state index in [1.807, 2.05) is 31.2 Å². The molecule has 0 saturated heterocycles. The molecule has 2 aromatic rings. The molecule has 1 aliphatic heterocycles. The van der Waals surface area contributed by atoms with Crippen LogP contribution in [0.4, 0.5) is 5.69 Å². The van der Waals surface area contributed by atoms with Crippen molar-refractivity contribution in [1.82, 2.24) is 5.32 Å². The quantitative estimate of drug-likeness (QED) is 0.713. The Labute approximate surface area is 181 Å². The fourth-order valence-electron chi connectivity index (χ4n) is 3.60. The fraction of sp³-hybridized carbons (Fsp3) is 0.348. The van der Waals surface area contributed by atoms with Gasteiger partial charge in [-0.05, 0) is 43.0 Å². The molecule has 0 spiro atoms. The van der Waals surface area contributed by atoms with Gasteiger partial charge >= 0.3 is 5.97 Å². The molecule has 0 bridgehead atoms. The molecule has 1 N–H and O–H groups in total. The van der Waals surface area contributed by atoms with Gasteiger partial charge < -0.3 is 15.0 Å². The van der Waals surface area contributed by atoms with Crippen LogP contribution in [0, 0.1) is 5.92 Å². The SMILES string of the molecule is CC(C)[C@H](NC(=O)c1ccccc1Cl)C(=O)OCC(=O)N1c2ccccc2C[C@@H]1C. The molecule has 6 nitrogen and oxygen atoms in total. The van der Waals surface area contributed by atoms with Crippen molar-refractivity contribution in [3.05, 3.63) is 64.7 Å². The summed E-state index contributed by atoms with van der Waals surface area (Å²) in [5.74, 6) is -1.64. The largest absolute Gasteiger partial charge is 0.454 e.